The SMILES string of the molecule is CC(C)Oc1ccc(CNc2ccc3nc(C(F)F)sc3c2)cc1O. The van der Waals surface area contributed by atoms with Crippen molar-refractivity contribution in [1.29, 1.82) is 0 Å². The van der Waals surface area contributed by atoms with Gasteiger partial charge in [-0.25, -0.2) is 13.8 Å². The maximum Gasteiger partial charge on any atom is 0.289 e. The summed E-state index contributed by atoms with van der Waals surface area (Å²) in [6.07, 6.45) is -2.57. The third-order valence-corrected chi connectivity index (χ3v) is 4.50. The Bertz CT molecular complexity index is 881. The summed E-state index contributed by atoms with van der Waals surface area (Å²) in [6, 6.07) is 10.6. The lowest BCUT2D eigenvalue weighted by atomic mass is 10.2. The summed E-state index contributed by atoms with van der Waals surface area (Å²) < 4.78 is 31.7. The van der Waals surface area contributed by atoms with E-state index in [1.54, 1.807) is 30.3 Å². The Hall–Kier alpha value is -2.41. The van der Waals surface area contributed by atoms with Crippen molar-refractivity contribution in [2.75, 3.05) is 5.32 Å². The van der Waals surface area contributed by atoms with Crippen LogP contribution >= 0.6 is 11.3 Å². The number of nitrogens with one attached hydrogen (secondary N) is 1. The lowest BCUT2D eigenvalue weighted by Crippen LogP contribution is -2.06. The van der Waals surface area contributed by atoms with Gasteiger partial charge in [-0.3, -0.25) is 0 Å². The van der Waals surface area contributed by atoms with Crippen LogP contribution < -0.4 is 10.1 Å². The van der Waals surface area contributed by atoms with Gasteiger partial charge in [-0.1, -0.05) is 6.07 Å². The summed E-state index contributed by atoms with van der Waals surface area (Å²) in [4.78, 5) is 3.91. The Morgan fingerprint density at radius 3 is 2.68 bits per heavy atom. The summed E-state index contributed by atoms with van der Waals surface area (Å²) >= 11 is 0.994. The van der Waals surface area contributed by atoms with Gasteiger partial charge in [0, 0.05) is 12.2 Å². The van der Waals surface area contributed by atoms with Gasteiger partial charge in [-0.2, -0.15) is 0 Å². The number of thiazole rings is 1. The molecule has 4 nitrogen and oxygen atoms in total. The molecule has 0 saturated heterocycles. The molecule has 0 aliphatic carbocycles. The maximum atomic E-state index is 12.7. The minimum Gasteiger partial charge on any atom is -0.504 e. The lowest BCUT2D eigenvalue weighted by Gasteiger charge is -2.13. The van der Waals surface area contributed by atoms with Crippen LogP contribution in [0.15, 0.2) is 36.4 Å². The largest absolute Gasteiger partial charge is 0.504 e. The summed E-state index contributed by atoms with van der Waals surface area (Å²) in [6.45, 7) is 4.27. The first-order chi connectivity index (χ1) is 11.9. The normalized spacial score (nSPS) is 11.4. The second-order valence-corrected chi connectivity index (χ2v) is 6.92. The first kappa shape index (κ1) is 17.4. The molecular formula is C18H18F2N2O2S. The van der Waals surface area contributed by atoms with Gasteiger partial charge >= 0.3 is 0 Å². The molecule has 3 rings (SSSR count). The van der Waals surface area contributed by atoms with E-state index in [-0.39, 0.29) is 16.9 Å². The Morgan fingerprint density at radius 2 is 2.00 bits per heavy atom. The minimum absolute atomic E-state index is 0.0147. The summed E-state index contributed by atoms with van der Waals surface area (Å²) in [5.41, 5.74) is 2.25. The van der Waals surface area contributed by atoms with Crippen LogP contribution in [0.4, 0.5) is 14.5 Å². The van der Waals surface area contributed by atoms with Crippen molar-refractivity contribution in [2.24, 2.45) is 0 Å². The first-order valence-electron chi connectivity index (χ1n) is 7.83. The zero-order chi connectivity index (χ0) is 18.0. The van der Waals surface area contributed by atoms with Crippen LogP contribution in [-0.2, 0) is 6.54 Å². The maximum absolute atomic E-state index is 12.7. The molecule has 0 fully saturated rings. The Morgan fingerprint density at radius 1 is 1.20 bits per heavy atom. The molecule has 0 unspecified atom stereocenters. The molecule has 1 heterocycles. The van der Waals surface area contributed by atoms with E-state index in [4.69, 9.17) is 4.74 Å². The van der Waals surface area contributed by atoms with Crippen LogP contribution in [0.1, 0.15) is 30.8 Å². The number of hydrogen-bond acceptors (Lipinski definition) is 5. The van der Waals surface area contributed by atoms with Crippen LogP contribution in [0.3, 0.4) is 0 Å². The molecule has 3 aromatic rings. The van der Waals surface area contributed by atoms with Crippen molar-refractivity contribution in [3.05, 3.63) is 47.0 Å². The number of aromatic nitrogens is 1. The zero-order valence-electron chi connectivity index (χ0n) is 13.8. The van der Waals surface area contributed by atoms with Gasteiger partial charge in [0.05, 0.1) is 16.3 Å². The van der Waals surface area contributed by atoms with Crippen LogP contribution in [0.5, 0.6) is 11.5 Å². The number of ether oxygens (including phenoxy) is 1. The molecule has 0 aliphatic rings. The standard InChI is InChI=1S/C18H18F2N2O2S/c1-10(2)24-15-6-3-11(7-14(15)23)9-21-12-4-5-13-16(8-12)25-18(22-13)17(19)20/h3-8,10,17,21,23H,9H2,1-2H3. The number of halogens is 2. The fourth-order valence-corrected chi connectivity index (χ4v) is 3.24. The van der Waals surface area contributed by atoms with E-state index in [2.05, 4.69) is 10.3 Å². The van der Waals surface area contributed by atoms with Gasteiger partial charge in [0.2, 0.25) is 0 Å². The summed E-state index contributed by atoms with van der Waals surface area (Å²) in [5, 5.41) is 13.1. The van der Waals surface area contributed by atoms with E-state index < -0.39 is 6.43 Å². The summed E-state index contributed by atoms with van der Waals surface area (Å²) in [5.74, 6) is 0.539. The molecular weight excluding hydrogens is 346 g/mol. The Labute approximate surface area is 148 Å². The molecule has 0 radical (unpaired) electrons. The van der Waals surface area contributed by atoms with Gasteiger partial charge in [0.25, 0.3) is 6.43 Å². The van der Waals surface area contributed by atoms with Crippen molar-refractivity contribution >= 4 is 27.2 Å². The highest BCUT2D eigenvalue weighted by atomic mass is 32.1. The van der Waals surface area contributed by atoms with E-state index >= 15 is 0 Å². The highest BCUT2D eigenvalue weighted by Gasteiger charge is 2.13. The van der Waals surface area contributed by atoms with Gasteiger partial charge in [-0.05, 0) is 49.7 Å². The number of benzene rings is 2. The molecule has 2 aromatic carbocycles. The smallest absolute Gasteiger partial charge is 0.289 e. The average molecular weight is 364 g/mol. The number of rotatable bonds is 6. The zero-order valence-corrected chi connectivity index (χ0v) is 14.6. The quantitative estimate of drug-likeness (QED) is 0.620. The highest BCUT2D eigenvalue weighted by molar-refractivity contribution is 7.18. The molecule has 0 bridgehead atoms. The van der Waals surface area contributed by atoms with E-state index in [0.717, 1.165) is 22.6 Å². The van der Waals surface area contributed by atoms with Gasteiger partial charge in [0.15, 0.2) is 16.5 Å². The molecule has 1 aromatic heterocycles. The minimum atomic E-state index is -2.55. The number of fused-ring (bicyclic) bond motifs is 1. The van der Waals surface area contributed by atoms with Crippen molar-refractivity contribution in [2.45, 2.75) is 32.9 Å². The monoisotopic (exact) mass is 364 g/mol. The van der Waals surface area contributed by atoms with E-state index in [1.807, 2.05) is 19.9 Å². The fraction of sp³-hybridized carbons (Fsp3) is 0.278. The van der Waals surface area contributed by atoms with Crippen molar-refractivity contribution < 1.29 is 18.6 Å². The van der Waals surface area contributed by atoms with E-state index in [1.165, 1.54) is 0 Å². The Kier molecular flexibility index (Phi) is 5.03. The summed E-state index contributed by atoms with van der Waals surface area (Å²) in [7, 11) is 0. The number of hydrogen-bond donors (Lipinski definition) is 2. The number of alkyl halides is 2. The number of anilines is 1. The van der Waals surface area contributed by atoms with Gasteiger partial charge in [0.1, 0.15) is 0 Å². The molecule has 0 spiro atoms. The first-order valence-corrected chi connectivity index (χ1v) is 8.65. The van der Waals surface area contributed by atoms with Crippen LogP contribution in [0, 0.1) is 0 Å². The van der Waals surface area contributed by atoms with Crippen LogP contribution in [-0.4, -0.2) is 16.2 Å². The highest BCUT2D eigenvalue weighted by Crippen LogP contribution is 2.31. The van der Waals surface area contributed by atoms with Crippen molar-refractivity contribution in [3.63, 3.8) is 0 Å². The average Bonchev–Trinajstić information content (AvgIpc) is 2.98. The lowest BCUT2D eigenvalue weighted by molar-refractivity contribution is 0.151. The van der Waals surface area contributed by atoms with E-state index in [9.17, 15) is 13.9 Å². The van der Waals surface area contributed by atoms with Crippen LogP contribution in [0.2, 0.25) is 0 Å². The molecule has 132 valence electrons. The number of phenolic OH excluding ortho intramolecular Hbond substituents is 1. The molecule has 0 saturated carbocycles. The molecule has 2 N–H and O–H groups in total. The molecule has 25 heavy (non-hydrogen) atoms. The van der Waals surface area contributed by atoms with Gasteiger partial charge < -0.3 is 15.2 Å². The van der Waals surface area contributed by atoms with E-state index in [0.29, 0.717) is 22.5 Å². The topological polar surface area (TPSA) is 54.4 Å². The number of aromatic hydroxyl groups is 1. The number of phenols is 1. The predicted molar refractivity (Wildman–Crippen MR) is 95.8 cm³/mol. The van der Waals surface area contributed by atoms with Gasteiger partial charge in [-0.15, -0.1) is 11.3 Å². The molecule has 0 atom stereocenters. The molecule has 0 aliphatic heterocycles. The van der Waals surface area contributed by atoms with Crippen molar-refractivity contribution in [1.82, 2.24) is 4.98 Å². The number of nitrogens with zero attached hydrogens (tertiary/aromatic N) is 1. The second-order valence-electron chi connectivity index (χ2n) is 5.86. The molecule has 0 amide bonds. The Balaban J connectivity index is 1.70. The fourth-order valence-electron chi connectivity index (χ4n) is 2.38. The predicted octanol–water partition coefficient (Wildman–Crippen LogP) is 5.34. The third kappa shape index (κ3) is 4.17. The second kappa shape index (κ2) is 7.23. The third-order valence-electron chi connectivity index (χ3n) is 3.47. The van der Waals surface area contributed by atoms with Crippen molar-refractivity contribution in [3.8, 4) is 11.5 Å². The van der Waals surface area contributed by atoms with Crippen LogP contribution in [0.25, 0.3) is 10.2 Å². The molecule has 7 heteroatoms.